The van der Waals surface area contributed by atoms with Gasteiger partial charge in [0.15, 0.2) is 0 Å². The van der Waals surface area contributed by atoms with Crippen LogP contribution in [0.4, 0.5) is 4.79 Å². The van der Waals surface area contributed by atoms with E-state index < -0.39 is 5.60 Å². The average Bonchev–Trinajstić information content (AvgIpc) is 2.27. The summed E-state index contributed by atoms with van der Waals surface area (Å²) in [4.78, 5) is 13.7. The quantitative estimate of drug-likeness (QED) is 0.691. The van der Waals surface area contributed by atoms with Gasteiger partial charge in [0.05, 0.1) is 0 Å². The lowest BCUT2D eigenvalue weighted by Crippen LogP contribution is -2.49. The third-order valence-electron chi connectivity index (χ3n) is 2.93. The van der Waals surface area contributed by atoms with E-state index in [1.807, 2.05) is 27.7 Å². The van der Waals surface area contributed by atoms with E-state index in [9.17, 15) is 4.79 Å². The Labute approximate surface area is 98.1 Å². The van der Waals surface area contributed by atoms with E-state index in [0.29, 0.717) is 0 Å². The summed E-state index contributed by atoms with van der Waals surface area (Å²) < 4.78 is 5.38. The van der Waals surface area contributed by atoms with Crippen LogP contribution in [0.3, 0.4) is 0 Å². The Morgan fingerprint density at radius 3 is 2.56 bits per heavy atom. The van der Waals surface area contributed by atoms with Gasteiger partial charge >= 0.3 is 6.09 Å². The molecule has 0 aromatic carbocycles. The molecular formula is C12H24N2O2. The van der Waals surface area contributed by atoms with Crippen LogP contribution >= 0.6 is 0 Å². The molecule has 1 aliphatic rings. The van der Waals surface area contributed by atoms with Gasteiger partial charge in [-0.1, -0.05) is 6.42 Å². The molecule has 2 N–H and O–H groups in total. The summed E-state index contributed by atoms with van der Waals surface area (Å²) in [7, 11) is 0. The van der Waals surface area contributed by atoms with Crippen LogP contribution < -0.4 is 5.73 Å². The highest BCUT2D eigenvalue weighted by molar-refractivity contribution is 5.68. The monoisotopic (exact) mass is 228 g/mol. The molecule has 0 radical (unpaired) electrons. The minimum Gasteiger partial charge on any atom is -0.444 e. The van der Waals surface area contributed by atoms with Crippen molar-refractivity contribution in [3.8, 4) is 0 Å². The predicted octanol–water partition coefficient (Wildman–Crippen LogP) is 2.12. The van der Waals surface area contributed by atoms with Crippen LogP contribution in [0.15, 0.2) is 0 Å². The lowest BCUT2D eigenvalue weighted by Gasteiger charge is -2.32. The fourth-order valence-electron chi connectivity index (χ4n) is 1.92. The first-order valence-electron chi connectivity index (χ1n) is 6.06. The van der Waals surface area contributed by atoms with Crippen molar-refractivity contribution in [2.45, 2.75) is 64.6 Å². The summed E-state index contributed by atoms with van der Waals surface area (Å²) in [5.74, 6) is 0. The summed E-state index contributed by atoms with van der Waals surface area (Å²) in [6, 6.07) is 0.132. The molecule has 4 nitrogen and oxygen atoms in total. The highest BCUT2D eigenvalue weighted by Crippen LogP contribution is 2.19. The minimum absolute atomic E-state index is 0.0648. The van der Waals surface area contributed by atoms with Crippen molar-refractivity contribution in [3.05, 3.63) is 0 Å². The van der Waals surface area contributed by atoms with Gasteiger partial charge in [-0.05, 0) is 40.5 Å². The smallest absolute Gasteiger partial charge is 0.410 e. The van der Waals surface area contributed by atoms with Crippen molar-refractivity contribution in [2.24, 2.45) is 5.73 Å². The molecule has 1 aliphatic heterocycles. The second-order valence-corrected chi connectivity index (χ2v) is 5.57. The molecule has 0 aliphatic carbocycles. The molecule has 0 aromatic rings. The largest absolute Gasteiger partial charge is 0.444 e. The van der Waals surface area contributed by atoms with Crippen molar-refractivity contribution < 1.29 is 9.53 Å². The van der Waals surface area contributed by atoms with Gasteiger partial charge in [-0.15, -0.1) is 0 Å². The van der Waals surface area contributed by atoms with Crippen molar-refractivity contribution in [1.29, 1.82) is 0 Å². The Kier molecular flexibility index (Phi) is 4.19. The Hall–Kier alpha value is -0.770. The lowest BCUT2D eigenvalue weighted by atomic mass is 10.1. The summed E-state index contributed by atoms with van der Waals surface area (Å²) in [6.45, 7) is 8.40. The topological polar surface area (TPSA) is 55.6 Å². The maximum absolute atomic E-state index is 12.0. The number of hydrogen-bond acceptors (Lipinski definition) is 3. The number of rotatable bonds is 0. The zero-order valence-corrected chi connectivity index (χ0v) is 10.8. The zero-order valence-electron chi connectivity index (χ0n) is 10.8. The number of carbonyl (C=O) groups excluding carboxylic acids is 1. The second kappa shape index (κ2) is 5.04. The summed E-state index contributed by atoms with van der Waals surface area (Å²) in [5, 5.41) is 0. The molecule has 1 rings (SSSR count). The second-order valence-electron chi connectivity index (χ2n) is 5.57. The lowest BCUT2D eigenvalue weighted by molar-refractivity contribution is 0.0169. The first-order valence-corrected chi connectivity index (χ1v) is 6.06. The molecule has 1 amide bonds. The fourth-order valence-corrected chi connectivity index (χ4v) is 1.92. The normalized spacial score (nSPS) is 27.4. The zero-order chi connectivity index (χ0) is 12.3. The SMILES string of the molecule is CC1[C@H](N)CCCCN1C(=O)OC(C)(C)C. The molecule has 1 saturated heterocycles. The highest BCUT2D eigenvalue weighted by Gasteiger charge is 2.30. The number of nitrogens with zero attached hydrogens (tertiary/aromatic N) is 1. The van der Waals surface area contributed by atoms with E-state index in [1.54, 1.807) is 4.90 Å². The maximum atomic E-state index is 12.0. The summed E-state index contributed by atoms with van der Waals surface area (Å²) in [6.07, 6.45) is 2.85. The van der Waals surface area contributed by atoms with Crippen LogP contribution in [0.1, 0.15) is 47.0 Å². The Bertz CT molecular complexity index is 248. The van der Waals surface area contributed by atoms with E-state index in [1.165, 1.54) is 0 Å². The van der Waals surface area contributed by atoms with E-state index in [4.69, 9.17) is 10.5 Å². The molecule has 0 aromatic heterocycles. The van der Waals surface area contributed by atoms with E-state index in [2.05, 4.69) is 0 Å². The number of amides is 1. The molecule has 0 saturated carbocycles. The molecular weight excluding hydrogens is 204 g/mol. The van der Waals surface area contributed by atoms with Crippen LogP contribution in [0, 0.1) is 0 Å². The number of likely N-dealkylation sites (tertiary alicyclic amines) is 1. The third-order valence-corrected chi connectivity index (χ3v) is 2.93. The van der Waals surface area contributed by atoms with Gasteiger partial charge < -0.3 is 15.4 Å². The van der Waals surface area contributed by atoms with E-state index >= 15 is 0 Å². The average molecular weight is 228 g/mol. The van der Waals surface area contributed by atoms with Crippen LogP contribution in [-0.4, -0.2) is 35.2 Å². The standard InChI is InChI=1S/C12H24N2O2/c1-9-10(13)7-5-6-8-14(9)11(15)16-12(2,3)4/h9-10H,5-8,13H2,1-4H3/t9?,10-/m1/s1. The van der Waals surface area contributed by atoms with Crippen molar-refractivity contribution in [3.63, 3.8) is 0 Å². The highest BCUT2D eigenvalue weighted by atomic mass is 16.6. The molecule has 16 heavy (non-hydrogen) atoms. The van der Waals surface area contributed by atoms with Gasteiger partial charge in [-0.3, -0.25) is 0 Å². The van der Waals surface area contributed by atoms with Gasteiger partial charge in [0, 0.05) is 18.6 Å². The van der Waals surface area contributed by atoms with Crippen LogP contribution in [-0.2, 0) is 4.74 Å². The predicted molar refractivity (Wildman–Crippen MR) is 64.2 cm³/mol. The summed E-state index contributed by atoms with van der Waals surface area (Å²) >= 11 is 0. The van der Waals surface area contributed by atoms with Gasteiger partial charge in [0.2, 0.25) is 0 Å². The Morgan fingerprint density at radius 2 is 2.00 bits per heavy atom. The molecule has 0 spiro atoms. The first kappa shape index (κ1) is 13.3. The molecule has 1 fully saturated rings. The van der Waals surface area contributed by atoms with Gasteiger partial charge in [0.25, 0.3) is 0 Å². The number of hydrogen-bond donors (Lipinski definition) is 1. The van der Waals surface area contributed by atoms with Gasteiger partial charge in [-0.25, -0.2) is 4.79 Å². The van der Waals surface area contributed by atoms with Crippen LogP contribution in [0.2, 0.25) is 0 Å². The number of carbonyl (C=O) groups is 1. The molecule has 2 atom stereocenters. The molecule has 1 unspecified atom stereocenters. The van der Waals surface area contributed by atoms with Gasteiger partial charge in [0.1, 0.15) is 5.60 Å². The molecule has 4 heteroatoms. The maximum Gasteiger partial charge on any atom is 0.410 e. The molecule has 1 heterocycles. The van der Waals surface area contributed by atoms with Gasteiger partial charge in [-0.2, -0.15) is 0 Å². The fraction of sp³-hybridized carbons (Fsp3) is 0.917. The van der Waals surface area contributed by atoms with Crippen molar-refractivity contribution >= 4 is 6.09 Å². The van der Waals surface area contributed by atoms with Crippen molar-refractivity contribution in [2.75, 3.05) is 6.54 Å². The first-order chi connectivity index (χ1) is 7.31. The van der Waals surface area contributed by atoms with Crippen molar-refractivity contribution in [1.82, 2.24) is 4.90 Å². The van der Waals surface area contributed by atoms with E-state index in [-0.39, 0.29) is 18.2 Å². The Morgan fingerprint density at radius 1 is 1.38 bits per heavy atom. The molecule has 0 bridgehead atoms. The minimum atomic E-state index is -0.437. The third kappa shape index (κ3) is 3.67. The van der Waals surface area contributed by atoms with Crippen LogP contribution in [0.25, 0.3) is 0 Å². The number of ether oxygens (including phenoxy) is 1. The number of nitrogens with two attached hydrogens (primary N) is 1. The summed E-state index contributed by atoms with van der Waals surface area (Å²) in [5.41, 5.74) is 5.58. The van der Waals surface area contributed by atoms with E-state index in [0.717, 1.165) is 25.8 Å². The Balaban J connectivity index is 2.65. The molecule has 94 valence electrons. The van der Waals surface area contributed by atoms with Crippen LogP contribution in [0.5, 0.6) is 0 Å².